The van der Waals surface area contributed by atoms with Crippen LogP contribution in [-0.2, 0) is 32.5 Å². The van der Waals surface area contributed by atoms with Gasteiger partial charge in [0, 0.05) is 51.3 Å². The van der Waals surface area contributed by atoms with E-state index in [0.717, 1.165) is 34.0 Å². The van der Waals surface area contributed by atoms with Crippen molar-refractivity contribution in [2.45, 2.75) is 143 Å². The van der Waals surface area contributed by atoms with Gasteiger partial charge in [-0.15, -0.1) is 0 Å². The van der Waals surface area contributed by atoms with Crippen LogP contribution in [0.4, 0.5) is 11.4 Å². The number of anilines is 2. The van der Waals surface area contributed by atoms with Gasteiger partial charge in [0.05, 0.1) is 29.1 Å². The minimum absolute atomic E-state index is 0.0229. The number of pyridine rings is 1. The van der Waals surface area contributed by atoms with E-state index in [1.165, 1.54) is 61.2 Å². The Balaban J connectivity index is 1.29. The number of ether oxygens (including phenoxy) is 1. The lowest BCUT2D eigenvalue weighted by molar-refractivity contribution is 0.475. The van der Waals surface area contributed by atoms with Gasteiger partial charge in [-0.3, -0.25) is 4.57 Å². The predicted molar refractivity (Wildman–Crippen MR) is 302 cm³/mol. The molecule has 3 heterocycles. The third-order valence-corrected chi connectivity index (χ3v) is 14.9. The zero-order valence-corrected chi connectivity index (χ0v) is 45.4. The van der Waals surface area contributed by atoms with Crippen LogP contribution in [0, 0.1) is 0 Å². The van der Waals surface area contributed by atoms with E-state index in [0.29, 0.717) is 6.67 Å². The molecule has 0 aliphatic carbocycles. The fraction of sp³-hybridized carbons (Fsp3) is 0.348. The summed E-state index contributed by atoms with van der Waals surface area (Å²) in [6.07, 6.45) is 1.95. The maximum Gasteiger partial charge on any atom is 0.137 e. The normalized spacial score (nSPS) is 14.3. The molecule has 5 nitrogen and oxygen atoms in total. The van der Waals surface area contributed by atoms with Gasteiger partial charge in [-0.25, -0.2) is 4.98 Å². The molecule has 8 aromatic rings. The number of aromatic nitrogens is 2. The van der Waals surface area contributed by atoms with Crippen LogP contribution >= 0.6 is 0 Å². The Kier molecular flexibility index (Phi) is 12.3. The second-order valence-corrected chi connectivity index (χ2v) is 25.2. The Bertz CT molecular complexity index is 3290. The van der Waals surface area contributed by atoms with E-state index in [2.05, 4.69) is 277 Å². The highest BCUT2D eigenvalue weighted by Crippen LogP contribution is 2.52. The topological polar surface area (TPSA) is 33.5 Å². The van der Waals surface area contributed by atoms with Crippen LogP contribution in [0.25, 0.3) is 27.6 Å². The SMILES string of the molecule is CC(C)(C)c1cccc(N2CN(c3cc(Oc4cc(C(C)(C)C)c5c6ccccc6n(-c6cc(C(C)(C)C)ccn6)c5c4)cc(C(C)(C)C)c3)C(C(C)(C)c3ccccc3)=C2C(C)(C)c2ccccc2)c1. The number of hydrogen-bond donors (Lipinski definition) is 0. The minimum atomic E-state index is -0.420. The van der Waals surface area contributed by atoms with Gasteiger partial charge in [-0.2, -0.15) is 0 Å². The molecule has 71 heavy (non-hydrogen) atoms. The largest absolute Gasteiger partial charge is 0.457 e. The van der Waals surface area contributed by atoms with E-state index in [-0.39, 0.29) is 21.7 Å². The second-order valence-electron chi connectivity index (χ2n) is 25.2. The molecule has 0 radical (unpaired) electrons. The number of nitrogens with zero attached hydrogens (tertiary/aromatic N) is 4. The molecular weight excluding hydrogens is 865 g/mol. The lowest BCUT2D eigenvalue weighted by Gasteiger charge is -2.38. The number of allylic oxidation sites excluding steroid dienone is 2. The summed E-state index contributed by atoms with van der Waals surface area (Å²) in [6.45, 7) is 37.8. The molecule has 9 rings (SSSR count). The van der Waals surface area contributed by atoms with Crippen LogP contribution in [0.1, 0.15) is 144 Å². The van der Waals surface area contributed by atoms with E-state index >= 15 is 0 Å². The molecule has 6 aromatic carbocycles. The van der Waals surface area contributed by atoms with Crippen molar-refractivity contribution in [2.75, 3.05) is 16.5 Å². The first-order valence-electron chi connectivity index (χ1n) is 25.6. The molecule has 0 saturated heterocycles. The molecule has 0 saturated carbocycles. The van der Waals surface area contributed by atoms with Gasteiger partial charge >= 0.3 is 0 Å². The molecule has 1 aliphatic heterocycles. The minimum Gasteiger partial charge on any atom is -0.457 e. The summed E-state index contributed by atoms with van der Waals surface area (Å²) in [6, 6.07) is 55.9. The maximum atomic E-state index is 7.37. The van der Waals surface area contributed by atoms with Crippen LogP contribution in [-0.4, -0.2) is 16.2 Å². The van der Waals surface area contributed by atoms with Crippen molar-refractivity contribution >= 4 is 33.2 Å². The van der Waals surface area contributed by atoms with E-state index in [1.807, 2.05) is 6.20 Å². The van der Waals surface area contributed by atoms with Gasteiger partial charge in [0.15, 0.2) is 0 Å². The average molecular weight is 941 g/mol. The van der Waals surface area contributed by atoms with Gasteiger partial charge in [-0.1, -0.05) is 202 Å². The highest BCUT2D eigenvalue weighted by Gasteiger charge is 2.46. The van der Waals surface area contributed by atoms with Crippen LogP contribution < -0.4 is 14.5 Å². The highest BCUT2D eigenvalue weighted by atomic mass is 16.5. The fourth-order valence-electron chi connectivity index (χ4n) is 10.7. The van der Waals surface area contributed by atoms with Crippen molar-refractivity contribution in [1.82, 2.24) is 9.55 Å². The quantitative estimate of drug-likeness (QED) is 0.144. The predicted octanol–water partition coefficient (Wildman–Crippen LogP) is 17.6. The Morgan fingerprint density at radius 3 is 1.49 bits per heavy atom. The molecule has 0 bridgehead atoms. The molecular formula is C66H76N4O. The molecule has 0 unspecified atom stereocenters. The third kappa shape index (κ3) is 9.29. The van der Waals surface area contributed by atoms with Crippen molar-refractivity contribution in [3.05, 3.63) is 203 Å². The van der Waals surface area contributed by atoms with E-state index in [1.54, 1.807) is 0 Å². The molecule has 5 heteroatoms. The summed E-state index contributed by atoms with van der Waals surface area (Å²) >= 11 is 0. The maximum absolute atomic E-state index is 7.37. The van der Waals surface area contributed by atoms with Gasteiger partial charge in [-0.05, 0) is 104 Å². The molecule has 2 aromatic heterocycles. The van der Waals surface area contributed by atoms with E-state index < -0.39 is 10.8 Å². The first-order valence-corrected chi connectivity index (χ1v) is 25.6. The standard InChI is InChI=1S/C66H76N4O/c1-61(2,3)46-30-25-31-49(36-46)68-43-69(60(66(15,16)45-28-21-18-22-29-45)59(68)65(13,14)44-26-19-17-20-27-44)50-37-48(63(7,8)9)38-51(40-50)71-52-41-54(64(10,11)12)58-53-32-23-24-33-55(53)70(56(58)42-52)57-39-47(34-35-67-57)62(4,5)6/h17-42H,43H2,1-16H3. The van der Waals surface area contributed by atoms with Crippen LogP contribution in [0.15, 0.2) is 169 Å². The number of hydrogen-bond acceptors (Lipinski definition) is 4. The first kappa shape index (κ1) is 49.4. The molecule has 0 fully saturated rings. The van der Waals surface area contributed by atoms with Crippen LogP contribution in [0.3, 0.4) is 0 Å². The molecule has 1 aliphatic rings. The number of rotatable bonds is 9. The molecule has 0 spiro atoms. The summed E-state index contributed by atoms with van der Waals surface area (Å²) in [5, 5.41) is 2.44. The van der Waals surface area contributed by atoms with E-state index in [9.17, 15) is 0 Å². The van der Waals surface area contributed by atoms with Crippen molar-refractivity contribution in [3.8, 4) is 17.3 Å². The Labute approximate surface area is 425 Å². The monoisotopic (exact) mass is 941 g/mol. The lowest BCUT2D eigenvalue weighted by atomic mass is 9.73. The molecule has 0 amide bonds. The van der Waals surface area contributed by atoms with Gasteiger partial charge in [0.2, 0.25) is 0 Å². The zero-order chi connectivity index (χ0) is 51.1. The third-order valence-electron chi connectivity index (χ3n) is 14.9. The average Bonchev–Trinajstić information content (AvgIpc) is 3.89. The Morgan fingerprint density at radius 2 is 0.915 bits per heavy atom. The van der Waals surface area contributed by atoms with Crippen molar-refractivity contribution in [3.63, 3.8) is 0 Å². The fourth-order valence-corrected chi connectivity index (χ4v) is 10.7. The summed E-state index contributed by atoms with van der Waals surface area (Å²) in [7, 11) is 0. The molecule has 0 N–H and O–H groups in total. The summed E-state index contributed by atoms with van der Waals surface area (Å²) in [5.41, 5.74) is 13.3. The molecule has 0 atom stereocenters. The molecule has 366 valence electrons. The van der Waals surface area contributed by atoms with Crippen LogP contribution in [0.2, 0.25) is 0 Å². The highest BCUT2D eigenvalue weighted by molar-refractivity contribution is 6.11. The zero-order valence-electron chi connectivity index (χ0n) is 45.4. The van der Waals surface area contributed by atoms with Crippen molar-refractivity contribution < 1.29 is 4.74 Å². The second kappa shape index (κ2) is 17.6. The van der Waals surface area contributed by atoms with Crippen molar-refractivity contribution in [1.29, 1.82) is 0 Å². The smallest absolute Gasteiger partial charge is 0.137 e. The lowest BCUT2D eigenvalue weighted by Crippen LogP contribution is -2.35. The Hall–Kier alpha value is -6.59. The van der Waals surface area contributed by atoms with E-state index in [4.69, 9.17) is 9.72 Å². The van der Waals surface area contributed by atoms with Gasteiger partial charge in [0.25, 0.3) is 0 Å². The summed E-state index contributed by atoms with van der Waals surface area (Å²) in [5.74, 6) is 2.50. The summed E-state index contributed by atoms with van der Waals surface area (Å²) in [4.78, 5) is 10.2. The van der Waals surface area contributed by atoms with Crippen LogP contribution in [0.5, 0.6) is 11.5 Å². The summed E-state index contributed by atoms with van der Waals surface area (Å²) < 4.78 is 9.71. The number of para-hydroxylation sites is 1. The Morgan fingerprint density at radius 1 is 0.408 bits per heavy atom. The number of benzene rings is 6. The van der Waals surface area contributed by atoms with Gasteiger partial charge in [0.1, 0.15) is 17.3 Å². The van der Waals surface area contributed by atoms with Gasteiger partial charge < -0.3 is 14.5 Å². The number of fused-ring (bicyclic) bond motifs is 3. The van der Waals surface area contributed by atoms with Crippen molar-refractivity contribution in [2.24, 2.45) is 0 Å². The first-order chi connectivity index (χ1) is 33.2.